The molecule has 0 radical (unpaired) electrons. The molecule has 1 unspecified atom stereocenters. The summed E-state index contributed by atoms with van der Waals surface area (Å²) in [7, 11) is -1.19. The predicted octanol–water partition coefficient (Wildman–Crippen LogP) is 3.89. The SMILES string of the molecule is C=CCC(OC[SiH](C)C)(C(=C)C)C(F)(F)OCCCF. The molecule has 0 aliphatic rings. The molecule has 118 valence electrons. The summed E-state index contributed by atoms with van der Waals surface area (Å²) in [5, 5.41) is 0. The molecule has 0 rings (SSSR count). The lowest BCUT2D eigenvalue weighted by molar-refractivity contribution is -0.325. The van der Waals surface area contributed by atoms with Crippen molar-refractivity contribution >= 4 is 8.80 Å². The number of halogens is 3. The molecule has 0 bridgehead atoms. The van der Waals surface area contributed by atoms with Gasteiger partial charge >= 0.3 is 6.11 Å². The molecular formula is C14H25F3O2Si. The van der Waals surface area contributed by atoms with Crippen molar-refractivity contribution in [3.05, 3.63) is 24.8 Å². The number of ether oxygens (including phenoxy) is 2. The van der Waals surface area contributed by atoms with Crippen LogP contribution in [-0.2, 0) is 9.47 Å². The first-order valence-electron chi connectivity index (χ1n) is 6.72. The third-order valence-electron chi connectivity index (χ3n) is 2.82. The Labute approximate surface area is 121 Å². The van der Waals surface area contributed by atoms with Crippen LogP contribution in [0.2, 0.25) is 13.1 Å². The maximum absolute atomic E-state index is 14.4. The summed E-state index contributed by atoms with van der Waals surface area (Å²) in [5.41, 5.74) is -1.75. The minimum Gasteiger partial charge on any atom is -0.365 e. The van der Waals surface area contributed by atoms with Gasteiger partial charge in [0.25, 0.3) is 0 Å². The molecular weight excluding hydrogens is 285 g/mol. The van der Waals surface area contributed by atoms with Gasteiger partial charge in [-0.25, -0.2) is 0 Å². The standard InChI is InChI=1S/C14H25F3O2Si/c1-6-8-13(12(2)3,19-11-20(4)5)14(16,17)18-10-7-9-15/h6,20H,1-2,7-11H2,3-5H3. The summed E-state index contributed by atoms with van der Waals surface area (Å²) in [5.74, 6) is 0. The van der Waals surface area contributed by atoms with Crippen LogP contribution in [0.5, 0.6) is 0 Å². The molecule has 0 saturated heterocycles. The van der Waals surface area contributed by atoms with Crippen LogP contribution in [0.25, 0.3) is 0 Å². The fraction of sp³-hybridized carbons (Fsp3) is 0.714. The Kier molecular flexibility index (Phi) is 8.38. The molecule has 2 nitrogen and oxygen atoms in total. The van der Waals surface area contributed by atoms with Crippen LogP contribution in [0.1, 0.15) is 19.8 Å². The van der Waals surface area contributed by atoms with Crippen molar-refractivity contribution in [2.75, 3.05) is 19.5 Å². The smallest absolute Gasteiger partial charge is 0.365 e. The lowest BCUT2D eigenvalue weighted by atomic mass is 9.90. The molecule has 0 fully saturated rings. The van der Waals surface area contributed by atoms with E-state index in [4.69, 9.17) is 4.74 Å². The zero-order valence-electron chi connectivity index (χ0n) is 12.6. The van der Waals surface area contributed by atoms with Gasteiger partial charge in [0.15, 0.2) is 5.60 Å². The van der Waals surface area contributed by atoms with E-state index in [0.29, 0.717) is 0 Å². The van der Waals surface area contributed by atoms with Crippen molar-refractivity contribution in [1.82, 2.24) is 0 Å². The lowest BCUT2D eigenvalue weighted by Crippen LogP contribution is -2.53. The van der Waals surface area contributed by atoms with Gasteiger partial charge in [0, 0.05) is 12.7 Å². The minimum atomic E-state index is -3.56. The fourth-order valence-electron chi connectivity index (χ4n) is 1.69. The van der Waals surface area contributed by atoms with Crippen molar-refractivity contribution in [2.24, 2.45) is 0 Å². The number of hydrogen-bond donors (Lipinski definition) is 0. The van der Waals surface area contributed by atoms with E-state index in [1.165, 1.54) is 13.0 Å². The monoisotopic (exact) mass is 310 g/mol. The Morgan fingerprint density at radius 1 is 1.30 bits per heavy atom. The number of hydrogen-bond acceptors (Lipinski definition) is 2. The maximum Gasteiger partial charge on any atom is 0.388 e. The highest BCUT2D eigenvalue weighted by atomic mass is 28.3. The van der Waals surface area contributed by atoms with Crippen molar-refractivity contribution in [2.45, 2.75) is 44.6 Å². The molecule has 0 amide bonds. The first kappa shape index (κ1) is 19.4. The molecule has 0 heterocycles. The second kappa shape index (κ2) is 8.64. The van der Waals surface area contributed by atoms with Gasteiger partial charge in [-0.1, -0.05) is 25.7 Å². The molecule has 0 aliphatic carbocycles. The van der Waals surface area contributed by atoms with Gasteiger partial charge in [0.05, 0.1) is 22.1 Å². The molecule has 0 aromatic heterocycles. The van der Waals surface area contributed by atoms with Crippen LogP contribution in [0, 0.1) is 0 Å². The molecule has 0 aromatic rings. The Morgan fingerprint density at radius 2 is 1.90 bits per heavy atom. The van der Waals surface area contributed by atoms with Gasteiger partial charge in [-0.15, -0.1) is 6.58 Å². The van der Waals surface area contributed by atoms with Crippen LogP contribution >= 0.6 is 0 Å². The molecule has 20 heavy (non-hydrogen) atoms. The third kappa shape index (κ3) is 5.07. The Morgan fingerprint density at radius 3 is 2.30 bits per heavy atom. The van der Waals surface area contributed by atoms with E-state index in [2.05, 4.69) is 17.9 Å². The molecule has 0 aliphatic heterocycles. The predicted molar refractivity (Wildman–Crippen MR) is 78.7 cm³/mol. The number of alkyl halides is 3. The van der Waals surface area contributed by atoms with Gasteiger partial charge in [-0.05, 0) is 18.9 Å². The largest absolute Gasteiger partial charge is 0.388 e. The van der Waals surface area contributed by atoms with Gasteiger partial charge in [-0.3, -0.25) is 4.39 Å². The highest BCUT2D eigenvalue weighted by Gasteiger charge is 2.56. The summed E-state index contributed by atoms with van der Waals surface area (Å²) >= 11 is 0. The zero-order valence-corrected chi connectivity index (χ0v) is 13.7. The Bertz CT molecular complexity index is 322. The van der Waals surface area contributed by atoms with E-state index in [0.717, 1.165) is 0 Å². The molecule has 0 spiro atoms. The van der Waals surface area contributed by atoms with Crippen LogP contribution < -0.4 is 0 Å². The summed E-state index contributed by atoms with van der Waals surface area (Å²) in [6.45, 7) is 11.6. The van der Waals surface area contributed by atoms with Crippen molar-refractivity contribution in [3.63, 3.8) is 0 Å². The van der Waals surface area contributed by atoms with E-state index in [1.54, 1.807) is 0 Å². The van der Waals surface area contributed by atoms with Crippen LogP contribution in [0.3, 0.4) is 0 Å². The van der Waals surface area contributed by atoms with Crippen LogP contribution in [-0.4, -0.2) is 40.0 Å². The van der Waals surface area contributed by atoms with Crippen LogP contribution in [0.15, 0.2) is 24.8 Å². The first-order valence-corrected chi connectivity index (χ1v) is 9.84. The van der Waals surface area contributed by atoms with Crippen LogP contribution in [0.4, 0.5) is 13.2 Å². The topological polar surface area (TPSA) is 18.5 Å². The lowest BCUT2D eigenvalue weighted by Gasteiger charge is -2.40. The molecule has 6 heteroatoms. The highest BCUT2D eigenvalue weighted by molar-refractivity contribution is 6.55. The van der Waals surface area contributed by atoms with E-state index in [9.17, 15) is 13.2 Å². The molecule has 0 saturated carbocycles. The highest BCUT2D eigenvalue weighted by Crippen LogP contribution is 2.41. The van der Waals surface area contributed by atoms with E-state index < -0.39 is 27.2 Å². The second-order valence-electron chi connectivity index (χ2n) is 5.21. The molecule has 1 atom stereocenters. The van der Waals surface area contributed by atoms with E-state index >= 15 is 0 Å². The number of rotatable bonds is 11. The van der Waals surface area contributed by atoms with Gasteiger partial charge < -0.3 is 9.47 Å². The van der Waals surface area contributed by atoms with Gasteiger partial charge in [-0.2, -0.15) is 8.78 Å². The normalized spacial score (nSPS) is 15.2. The maximum atomic E-state index is 14.4. The summed E-state index contributed by atoms with van der Waals surface area (Å²) in [6.07, 6.45) is -2.10. The van der Waals surface area contributed by atoms with Crippen molar-refractivity contribution in [1.29, 1.82) is 0 Å². The van der Waals surface area contributed by atoms with Gasteiger partial charge in [0.1, 0.15) is 0 Å². The summed E-state index contributed by atoms with van der Waals surface area (Å²) in [6, 6.07) is 0. The second-order valence-corrected chi connectivity index (χ2v) is 8.33. The van der Waals surface area contributed by atoms with Crippen molar-refractivity contribution in [3.8, 4) is 0 Å². The average molecular weight is 310 g/mol. The average Bonchev–Trinajstić information content (AvgIpc) is 2.33. The zero-order chi connectivity index (χ0) is 15.8. The van der Waals surface area contributed by atoms with Crippen molar-refractivity contribution < 1.29 is 22.6 Å². The first-order chi connectivity index (χ1) is 9.23. The fourth-order valence-corrected chi connectivity index (χ4v) is 2.31. The summed E-state index contributed by atoms with van der Waals surface area (Å²) < 4.78 is 50.9. The molecule has 0 N–H and O–H groups in total. The minimum absolute atomic E-state index is 0.0745. The van der Waals surface area contributed by atoms with E-state index in [-0.39, 0.29) is 31.3 Å². The summed E-state index contributed by atoms with van der Waals surface area (Å²) in [4.78, 5) is 0. The van der Waals surface area contributed by atoms with E-state index in [1.807, 2.05) is 13.1 Å². The third-order valence-corrected chi connectivity index (χ3v) is 3.65. The quantitative estimate of drug-likeness (QED) is 0.327. The Hall–Kier alpha value is -0.593. The van der Waals surface area contributed by atoms with Gasteiger partial charge in [0.2, 0.25) is 0 Å². The molecule has 0 aromatic carbocycles. The Balaban J connectivity index is 5.22.